The molecule has 2 N–H and O–H groups in total. The van der Waals surface area contributed by atoms with Crippen molar-refractivity contribution < 1.29 is 9.59 Å². The van der Waals surface area contributed by atoms with Gasteiger partial charge in [0.2, 0.25) is 5.91 Å². The van der Waals surface area contributed by atoms with Gasteiger partial charge in [0.25, 0.3) is 5.91 Å². The average molecular weight is 364 g/mol. The molecule has 1 aromatic carbocycles. The Bertz CT molecular complexity index is 736. The Balaban J connectivity index is 1.80. The summed E-state index contributed by atoms with van der Waals surface area (Å²) in [6, 6.07) is 7.14. The minimum Gasteiger partial charge on any atom is -0.324 e. The molecular formula is C14H10BrN3O2S. The molecule has 2 aromatic rings. The zero-order valence-corrected chi connectivity index (χ0v) is 13.1. The molecule has 7 heteroatoms. The number of halogens is 1. The maximum atomic E-state index is 12.1. The third-order valence-electron chi connectivity index (χ3n) is 2.84. The molecule has 1 aliphatic heterocycles. The van der Waals surface area contributed by atoms with Crippen LogP contribution in [-0.4, -0.2) is 22.6 Å². The standard InChI is InChI=1S/C14H10BrN3O2S/c15-9-3-8(5-16-6-9)14(20)17-10-1-2-12-11(4-10)18-13(19)7-21-12/h1-6H,7H2,(H,17,20)(H,18,19). The first-order valence-electron chi connectivity index (χ1n) is 6.10. The number of carbonyl (C=O) groups excluding carboxylic acids is 2. The van der Waals surface area contributed by atoms with Gasteiger partial charge < -0.3 is 10.6 Å². The van der Waals surface area contributed by atoms with Gasteiger partial charge in [-0.25, -0.2) is 0 Å². The molecule has 1 aliphatic rings. The lowest BCUT2D eigenvalue weighted by atomic mass is 10.2. The normalized spacial score (nSPS) is 13.3. The van der Waals surface area contributed by atoms with Gasteiger partial charge in [-0.3, -0.25) is 14.6 Å². The molecule has 0 radical (unpaired) electrons. The van der Waals surface area contributed by atoms with Crippen LogP contribution in [0.2, 0.25) is 0 Å². The average Bonchev–Trinajstić information content (AvgIpc) is 2.46. The van der Waals surface area contributed by atoms with Gasteiger partial charge in [-0.05, 0) is 40.2 Å². The van der Waals surface area contributed by atoms with Crippen molar-refractivity contribution in [3.63, 3.8) is 0 Å². The second-order valence-corrected chi connectivity index (χ2v) is 6.33. The van der Waals surface area contributed by atoms with E-state index in [2.05, 4.69) is 31.5 Å². The summed E-state index contributed by atoms with van der Waals surface area (Å²) in [6.07, 6.45) is 3.11. The summed E-state index contributed by atoms with van der Waals surface area (Å²) >= 11 is 4.76. The maximum Gasteiger partial charge on any atom is 0.257 e. The predicted octanol–water partition coefficient (Wildman–Crippen LogP) is 3.14. The van der Waals surface area contributed by atoms with E-state index < -0.39 is 0 Å². The number of aromatic nitrogens is 1. The summed E-state index contributed by atoms with van der Waals surface area (Å²) in [5, 5.41) is 5.58. The van der Waals surface area contributed by atoms with E-state index in [1.54, 1.807) is 18.3 Å². The van der Waals surface area contributed by atoms with Crippen LogP contribution in [0, 0.1) is 0 Å². The second-order valence-electron chi connectivity index (χ2n) is 4.39. The number of pyridine rings is 1. The molecule has 0 unspecified atom stereocenters. The lowest BCUT2D eigenvalue weighted by Crippen LogP contribution is -2.19. The third-order valence-corrected chi connectivity index (χ3v) is 4.34. The van der Waals surface area contributed by atoms with Crippen molar-refractivity contribution in [2.45, 2.75) is 4.90 Å². The van der Waals surface area contributed by atoms with Gasteiger partial charge in [-0.1, -0.05) is 0 Å². The number of nitrogens with one attached hydrogen (secondary N) is 2. The van der Waals surface area contributed by atoms with Crippen molar-refractivity contribution in [2.75, 3.05) is 16.4 Å². The molecule has 106 valence electrons. The molecule has 2 heterocycles. The number of thioether (sulfide) groups is 1. The van der Waals surface area contributed by atoms with Gasteiger partial charge in [-0.2, -0.15) is 0 Å². The van der Waals surface area contributed by atoms with Crippen LogP contribution in [0.1, 0.15) is 10.4 Å². The van der Waals surface area contributed by atoms with Crippen LogP contribution in [0.25, 0.3) is 0 Å². The van der Waals surface area contributed by atoms with Crippen molar-refractivity contribution >= 4 is 50.9 Å². The molecular weight excluding hydrogens is 354 g/mol. The molecule has 0 spiro atoms. The second kappa shape index (κ2) is 5.87. The van der Waals surface area contributed by atoms with Gasteiger partial charge in [0.05, 0.1) is 17.0 Å². The molecule has 5 nitrogen and oxygen atoms in total. The molecule has 0 aliphatic carbocycles. The largest absolute Gasteiger partial charge is 0.324 e. The summed E-state index contributed by atoms with van der Waals surface area (Å²) in [4.78, 5) is 28.5. The molecule has 21 heavy (non-hydrogen) atoms. The van der Waals surface area contributed by atoms with Crippen molar-refractivity contribution in [3.05, 3.63) is 46.7 Å². The Hall–Kier alpha value is -1.86. The van der Waals surface area contributed by atoms with E-state index in [1.165, 1.54) is 18.0 Å². The Morgan fingerprint density at radius 1 is 1.33 bits per heavy atom. The molecule has 1 aromatic heterocycles. The Morgan fingerprint density at radius 2 is 2.19 bits per heavy atom. The van der Waals surface area contributed by atoms with Crippen LogP contribution in [0.3, 0.4) is 0 Å². The van der Waals surface area contributed by atoms with Crippen LogP contribution in [0.4, 0.5) is 11.4 Å². The van der Waals surface area contributed by atoms with Crippen LogP contribution in [0.15, 0.2) is 46.0 Å². The van der Waals surface area contributed by atoms with Crippen molar-refractivity contribution in [3.8, 4) is 0 Å². The molecule has 0 saturated heterocycles. The molecule has 0 fully saturated rings. The lowest BCUT2D eigenvalue weighted by molar-refractivity contribution is -0.113. The summed E-state index contributed by atoms with van der Waals surface area (Å²) < 4.78 is 0.740. The smallest absolute Gasteiger partial charge is 0.257 e. The maximum absolute atomic E-state index is 12.1. The highest BCUT2D eigenvalue weighted by Crippen LogP contribution is 2.33. The molecule has 0 atom stereocenters. The predicted molar refractivity (Wildman–Crippen MR) is 85.7 cm³/mol. The van der Waals surface area contributed by atoms with E-state index >= 15 is 0 Å². The zero-order chi connectivity index (χ0) is 14.8. The van der Waals surface area contributed by atoms with Crippen molar-refractivity contribution in [1.82, 2.24) is 4.98 Å². The van der Waals surface area contributed by atoms with Crippen molar-refractivity contribution in [1.29, 1.82) is 0 Å². The minimum absolute atomic E-state index is 0.0350. The van der Waals surface area contributed by atoms with Crippen LogP contribution >= 0.6 is 27.7 Å². The fraction of sp³-hybridized carbons (Fsp3) is 0.0714. The quantitative estimate of drug-likeness (QED) is 0.859. The highest BCUT2D eigenvalue weighted by atomic mass is 79.9. The van der Waals surface area contributed by atoms with E-state index in [0.717, 1.165) is 15.1 Å². The number of nitrogens with zero attached hydrogens (tertiary/aromatic N) is 1. The van der Waals surface area contributed by atoms with E-state index in [4.69, 9.17) is 0 Å². The van der Waals surface area contributed by atoms with E-state index in [0.29, 0.717) is 17.0 Å². The molecule has 0 saturated carbocycles. The van der Waals surface area contributed by atoms with Crippen molar-refractivity contribution in [2.24, 2.45) is 0 Å². The molecule has 3 rings (SSSR count). The van der Waals surface area contributed by atoms with E-state index in [9.17, 15) is 9.59 Å². The Kier molecular flexibility index (Phi) is 3.94. The van der Waals surface area contributed by atoms with Crippen LogP contribution in [0.5, 0.6) is 0 Å². The first-order valence-corrected chi connectivity index (χ1v) is 7.88. The highest BCUT2D eigenvalue weighted by molar-refractivity contribution is 9.10. The highest BCUT2D eigenvalue weighted by Gasteiger charge is 2.16. The van der Waals surface area contributed by atoms with E-state index in [1.807, 2.05) is 12.1 Å². The summed E-state index contributed by atoms with van der Waals surface area (Å²) in [5.41, 5.74) is 1.81. The monoisotopic (exact) mass is 363 g/mol. The number of benzene rings is 1. The number of hydrogen-bond donors (Lipinski definition) is 2. The number of fused-ring (bicyclic) bond motifs is 1. The Morgan fingerprint density at radius 3 is 3.00 bits per heavy atom. The number of carbonyl (C=O) groups is 2. The first kappa shape index (κ1) is 14.1. The lowest BCUT2D eigenvalue weighted by Gasteiger charge is -2.17. The minimum atomic E-state index is -0.251. The van der Waals surface area contributed by atoms with Gasteiger partial charge >= 0.3 is 0 Å². The van der Waals surface area contributed by atoms with Crippen LogP contribution in [-0.2, 0) is 4.79 Å². The number of hydrogen-bond acceptors (Lipinski definition) is 4. The summed E-state index contributed by atoms with van der Waals surface area (Å²) in [6.45, 7) is 0. The fourth-order valence-corrected chi connectivity index (χ4v) is 3.05. The summed E-state index contributed by atoms with van der Waals surface area (Å²) in [7, 11) is 0. The number of anilines is 2. The molecule has 0 bridgehead atoms. The van der Waals surface area contributed by atoms with Gasteiger partial charge in [0.1, 0.15) is 0 Å². The van der Waals surface area contributed by atoms with Gasteiger partial charge in [0.15, 0.2) is 0 Å². The fourth-order valence-electron chi connectivity index (χ4n) is 1.90. The number of rotatable bonds is 2. The SMILES string of the molecule is O=C1CSc2ccc(NC(=O)c3cncc(Br)c3)cc2N1. The summed E-state index contributed by atoms with van der Waals surface area (Å²) in [5.74, 6) is 0.133. The Labute approximate surface area is 133 Å². The topological polar surface area (TPSA) is 71.1 Å². The number of amides is 2. The third kappa shape index (κ3) is 3.25. The first-order chi connectivity index (χ1) is 10.1. The zero-order valence-electron chi connectivity index (χ0n) is 10.7. The molecule has 2 amide bonds. The van der Waals surface area contributed by atoms with Gasteiger partial charge in [0, 0.05) is 27.4 Å². The van der Waals surface area contributed by atoms with Crippen LogP contribution < -0.4 is 10.6 Å². The van der Waals surface area contributed by atoms with Gasteiger partial charge in [-0.15, -0.1) is 11.8 Å². The van der Waals surface area contributed by atoms with E-state index in [-0.39, 0.29) is 11.8 Å².